The molecule has 12 heteroatoms. The maximum absolute atomic E-state index is 14.8. The molecule has 1 aromatic heterocycles. The molecule has 1 aliphatic rings. The summed E-state index contributed by atoms with van der Waals surface area (Å²) in [5.74, 6) is -3.01. The zero-order valence-electron chi connectivity index (χ0n) is 16.1. The number of nitrogens with zero attached hydrogens (tertiary/aromatic N) is 5. The molecule has 1 unspecified atom stereocenters. The molecular formula is C19H15F3N6O3. The van der Waals surface area contributed by atoms with Gasteiger partial charge in [-0.15, -0.1) is 5.10 Å². The van der Waals surface area contributed by atoms with Crippen LogP contribution in [0, 0.1) is 17.5 Å². The fraction of sp³-hybridized carbons (Fsp3) is 0.211. The number of hydrogen-bond acceptors (Lipinski definition) is 6. The van der Waals surface area contributed by atoms with Crippen molar-refractivity contribution in [3.63, 3.8) is 0 Å². The van der Waals surface area contributed by atoms with Gasteiger partial charge in [0.25, 0.3) is 0 Å². The molecule has 0 aliphatic carbocycles. The molecule has 1 fully saturated rings. The number of amides is 2. The van der Waals surface area contributed by atoms with Gasteiger partial charge in [-0.1, -0.05) is 0 Å². The van der Waals surface area contributed by atoms with Crippen LogP contribution >= 0.6 is 0 Å². The zero-order valence-corrected chi connectivity index (χ0v) is 16.1. The molecule has 9 nitrogen and oxygen atoms in total. The molecule has 1 aliphatic heterocycles. The van der Waals surface area contributed by atoms with E-state index in [-0.39, 0.29) is 35.8 Å². The van der Waals surface area contributed by atoms with Gasteiger partial charge in [0.2, 0.25) is 5.91 Å². The Bertz CT molecular complexity index is 1130. The summed E-state index contributed by atoms with van der Waals surface area (Å²) < 4.78 is 49.7. The lowest BCUT2D eigenvalue weighted by molar-refractivity contribution is -0.119. The molecular weight excluding hydrogens is 417 g/mol. The molecule has 1 saturated heterocycles. The highest BCUT2D eigenvalue weighted by Crippen LogP contribution is 2.31. The number of carbonyl (C=O) groups excluding carboxylic acids is 2. The number of aromatic nitrogens is 4. The van der Waals surface area contributed by atoms with Crippen LogP contribution in [0.5, 0.6) is 0 Å². The van der Waals surface area contributed by atoms with Crippen molar-refractivity contribution in [1.29, 1.82) is 0 Å². The molecule has 1 N–H and O–H groups in total. The number of nitrogens with one attached hydrogen (secondary N) is 1. The maximum Gasteiger partial charge on any atom is 0.414 e. The number of halogens is 3. The Morgan fingerprint density at radius 1 is 1.19 bits per heavy atom. The van der Waals surface area contributed by atoms with E-state index < -0.39 is 35.3 Å². The van der Waals surface area contributed by atoms with E-state index in [1.165, 1.54) is 24.0 Å². The fourth-order valence-corrected chi connectivity index (χ4v) is 3.21. The van der Waals surface area contributed by atoms with Gasteiger partial charge >= 0.3 is 6.09 Å². The first-order valence-electron chi connectivity index (χ1n) is 9.08. The summed E-state index contributed by atoms with van der Waals surface area (Å²) in [6.45, 7) is 1.58. The van der Waals surface area contributed by atoms with Crippen LogP contribution in [0.1, 0.15) is 6.92 Å². The smallest absolute Gasteiger partial charge is 0.414 e. The van der Waals surface area contributed by atoms with E-state index in [1.807, 2.05) is 0 Å². The average molecular weight is 432 g/mol. The molecule has 3 aromatic rings. The standard InChI is InChI=1S/C19H15F3N6O3/c1-10(29)23-7-13-8-27(19(30)31-13)12-2-3-14(15(20)6-12)11-4-16(21)18(17(22)5-11)28-9-24-25-26-28/h2-6,9,13H,7-8H2,1H3,(H,23,29). The molecule has 4 rings (SSSR count). The molecule has 2 amide bonds. The predicted molar refractivity (Wildman–Crippen MR) is 101 cm³/mol. The molecule has 1 atom stereocenters. The summed E-state index contributed by atoms with van der Waals surface area (Å²) >= 11 is 0. The van der Waals surface area contributed by atoms with E-state index >= 15 is 0 Å². The number of hydrogen-bond donors (Lipinski definition) is 1. The molecule has 2 aromatic carbocycles. The first-order valence-corrected chi connectivity index (χ1v) is 9.08. The predicted octanol–water partition coefficient (Wildman–Crippen LogP) is 2.21. The Morgan fingerprint density at radius 3 is 2.55 bits per heavy atom. The number of tetrazole rings is 1. The Balaban J connectivity index is 1.59. The second-order valence-electron chi connectivity index (χ2n) is 6.76. The van der Waals surface area contributed by atoms with Crippen LogP contribution in [0.3, 0.4) is 0 Å². The monoisotopic (exact) mass is 432 g/mol. The van der Waals surface area contributed by atoms with Crippen molar-refractivity contribution in [3.8, 4) is 16.8 Å². The fourth-order valence-electron chi connectivity index (χ4n) is 3.21. The van der Waals surface area contributed by atoms with Gasteiger partial charge in [-0.05, 0) is 46.3 Å². The number of ether oxygens (including phenoxy) is 1. The summed E-state index contributed by atoms with van der Waals surface area (Å²) in [5.41, 5.74) is -0.380. The number of anilines is 1. The van der Waals surface area contributed by atoms with Crippen molar-refractivity contribution in [2.24, 2.45) is 0 Å². The van der Waals surface area contributed by atoms with Crippen LogP contribution in [0.25, 0.3) is 16.8 Å². The summed E-state index contributed by atoms with van der Waals surface area (Å²) in [6, 6.07) is 5.75. The van der Waals surface area contributed by atoms with E-state index in [9.17, 15) is 22.8 Å². The SMILES string of the molecule is CC(=O)NCC1CN(c2ccc(-c3cc(F)c(-n4cnnn4)c(F)c3)c(F)c2)C(=O)O1. The molecule has 160 valence electrons. The van der Waals surface area contributed by atoms with Gasteiger partial charge in [0.1, 0.15) is 23.9 Å². The second kappa shape index (κ2) is 8.05. The summed E-state index contributed by atoms with van der Waals surface area (Å²) in [4.78, 5) is 24.3. The van der Waals surface area contributed by atoms with Crippen molar-refractivity contribution in [1.82, 2.24) is 25.5 Å². The molecule has 31 heavy (non-hydrogen) atoms. The van der Waals surface area contributed by atoms with Crippen molar-refractivity contribution in [2.45, 2.75) is 13.0 Å². The minimum Gasteiger partial charge on any atom is -0.442 e. The third kappa shape index (κ3) is 4.04. The van der Waals surface area contributed by atoms with Crippen molar-refractivity contribution >= 4 is 17.7 Å². The van der Waals surface area contributed by atoms with E-state index in [1.54, 1.807) is 0 Å². The lowest BCUT2D eigenvalue weighted by Crippen LogP contribution is -2.33. The van der Waals surface area contributed by atoms with Gasteiger partial charge in [-0.25, -0.2) is 18.0 Å². The minimum atomic E-state index is -0.977. The van der Waals surface area contributed by atoms with Crippen LogP contribution in [-0.2, 0) is 9.53 Å². The van der Waals surface area contributed by atoms with E-state index in [2.05, 4.69) is 20.8 Å². The Labute approximate surface area is 173 Å². The van der Waals surface area contributed by atoms with Crippen molar-refractivity contribution < 1.29 is 27.5 Å². The Kier molecular flexibility index (Phi) is 5.28. The summed E-state index contributed by atoms with van der Waals surface area (Å²) in [6.07, 6.45) is -0.239. The van der Waals surface area contributed by atoms with Gasteiger partial charge in [0, 0.05) is 12.5 Å². The molecule has 2 heterocycles. The lowest BCUT2D eigenvalue weighted by Gasteiger charge is -2.15. The van der Waals surface area contributed by atoms with Crippen LogP contribution in [-0.4, -0.2) is 51.4 Å². The van der Waals surface area contributed by atoms with Crippen LogP contribution in [0.15, 0.2) is 36.7 Å². The maximum atomic E-state index is 14.8. The highest BCUT2D eigenvalue weighted by molar-refractivity contribution is 5.90. The van der Waals surface area contributed by atoms with Crippen molar-refractivity contribution in [2.75, 3.05) is 18.0 Å². The largest absolute Gasteiger partial charge is 0.442 e. The number of cyclic esters (lactones) is 1. The zero-order chi connectivity index (χ0) is 22.1. The summed E-state index contributed by atoms with van der Waals surface area (Å²) in [7, 11) is 0. The molecule has 0 spiro atoms. The number of benzene rings is 2. The average Bonchev–Trinajstić information content (AvgIpc) is 3.35. The van der Waals surface area contributed by atoms with E-state index in [0.717, 1.165) is 29.2 Å². The van der Waals surface area contributed by atoms with Crippen molar-refractivity contribution in [3.05, 3.63) is 54.1 Å². The topological polar surface area (TPSA) is 102 Å². The quantitative estimate of drug-likeness (QED) is 0.663. The first kappa shape index (κ1) is 20.3. The van der Waals surface area contributed by atoms with Crippen LogP contribution in [0.2, 0.25) is 0 Å². The number of carbonyl (C=O) groups is 2. The van der Waals surface area contributed by atoms with Gasteiger partial charge in [0.15, 0.2) is 11.6 Å². The molecule has 0 radical (unpaired) electrons. The third-order valence-electron chi connectivity index (χ3n) is 4.62. The van der Waals surface area contributed by atoms with E-state index in [0.29, 0.717) is 0 Å². The van der Waals surface area contributed by atoms with Gasteiger partial charge < -0.3 is 10.1 Å². The van der Waals surface area contributed by atoms with Gasteiger partial charge in [-0.2, -0.15) is 4.68 Å². The second-order valence-corrected chi connectivity index (χ2v) is 6.76. The third-order valence-corrected chi connectivity index (χ3v) is 4.62. The molecule has 0 saturated carbocycles. The summed E-state index contributed by atoms with van der Waals surface area (Å²) in [5, 5.41) is 12.7. The Morgan fingerprint density at radius 2 is 1.94 bits per heavy atom. The first-order chi connectivity index (χ1) is 14.8. The van der Waals surface area contributed by atoms with Crippen LogP contribution < -0.4 is 10.2 Å². The normalized spacial score (nSPS) is 15.8. The van der Waals surface area contributed by atoms with Gasteiger partial charge in [-0.3, -0.25) is 9.69 Å². The Hall–Kier alpha value is -3.96. The van der Waals surface area contributed by atoms with Crippen LogP contribution in [0.4, 0.5) is 23.7 Å². The highest BCUT2D eigenvalue weighted by atomic mass is 19.1. The van der Waals surface area contributed by atoms with E-state index in [4.69, 9.17) is 4.74 Å². The lowest BCUT2D eigenvalue weighted by atomic mass is 10.0. The molecule has 0 bridgehead atoms. The van der Waals surface area contributed by atoms with Gasteiger partial charge in [0.05, 0.1) is 18.8 Å². The highest BCUT2D eigenvalue weighted by Gasteiger charge is 2.32. The minimum absolute atomic E-state index is 0.0385. The number of rotatable bonds is 5.